The lowest BCUT2D eigenvalue weighted by molar-refractivity contribution is 0.191. The van der Waals surface area contributed by atoms with Crippen LogP contribution < -0.4 is 10.0 Å². The fourth-order valence-electron chi connectivity index (χ4n) is 2.98. The summed E-state index contributed by atoms with van der Waals surface area (Å²) in [6.45, 7) is 0.0920. The van der Waals surface area contributed by atoms with Gasteiger partial charge in [-0.3, -0.25) is 4.72 Å². The summed E-state index contributed by atoms with van der Waals surface area (Å²) >= 11 is 5.90. The van der Waals surface area contributed by atoms with Crippen molar-refractivity contribution in [3.05, 3.63) is 89.4 Å². The van der Waals surface area contributed by atoms with Gasteiger partial charge in [0.1, 0.15) is 0 Å². The van der Waals surface area contributed by atoms with Crippen LogP contribution in [0.5, 0.6) is 0 Å². The normalized spacial score (nSPS) is 12.5. The molecule has 7 nitrogen and oxygen atoms in total. The molecular weight excluding hydrogens is 436 g/mol. The van der Waals surface area contributed by atoms with Crippen LogP contribution in [0.2, 0.25) is 5.02 Å². The van der Waals surface area contributed by atoms with Gasteiger partial charge < -0.3 is 10.4 Å². The highest BCUT2D eigenvalue weighted by Crippen LogP contribution is 2.25. The predicted octanol–water partition coefficient (Wildman–Crippen LogP) is 4.23. The number of nitrogens with zero attached hydrogens (tertiary/aromatic N) is 2. The van der Waals surface area contributed by atoms with Crippen molar-refractivity contribution in [2.24, 2.45) is 0 Å². The van der Waals surface area contributed by atoms with Gasteiger partial charge in [-0.05, 0) is 42.0 Å². The minimum absolute atomic E-state index is 0.0471. The average molecular weight is 455 g/mol. The highest BCUT2D eigenvalue weighted by atomic mass is 35.5. The van der Waals surface area contributed by atoms with Gasteiger partial charge in [-0.15, -0.1) is 0 Å². The molecule has 3 aromatic carbocycles. The lowest BCUT2D eigenvalue weighted by Gasteiger charge is -2.16. The minimum Gasteiger partial charge on any atom is -0.387 e. The quantitative estimate of drug-likeness (QED) is 0.386. The van der Waals surface area contributed by atoms with Gasteiger partial charge in [-0.2, -0.15) is 0 Å². The van der Waals surface area contributed by atoms with Crippen molar-refractivity contribution in [1.29, 1.82) is 0 Å². The van der Waals surface area contributed by atoms with Crippen LogP contribution in [0.1, 0.15) is 11.7 Å². The number of aliphatic hydroxyl groups excluding tert-OH is 1. The lowest BCUT2D eigenvalue weighted by Crippen LogP contribution is -2.18. The number of sulfonamides is 1. The maximum atomic E-state index is 12.8. The molecule has 31 heavy (non-hydrogen) atoms. The standard InChI is InChI=1S/C22H19ClN4O3S/c23-16-12-10-15(11-13-16)20(28)14-24-21-22(26-19-9-5-4-8-18(19)25-21)27-31(29,30)17-6-2-1-3-7-17/h1-13,20,28H,14H2,(H,24,25)(H,26,27)/t20-/m1/s1. The van der Waals surface area contributed by atoms with E-state index in [2.05, 4.69) is 20.0 Å². The van der Waals surface area contributed by atoms with E-state index in [0.717, 1.165) is 0 Å². The number of anilines is 2. The maximum absolute atomic E-state index is 12.8. The Kier molecular flexibility index (Phi) is 6.03. The van der Waals surface area contributed by atoms with E-state index in [1.54, 1.807) is 60.7 Å². The Morgan fingerprint density at radius 1 is 0.839 bits per heavy atom. The van der Waals surface area contributed by atoms with Crippen molar-refractivity contribution in [3.63, 3.8) is 0 Å². The Morgan fingerprint density at radius 3 is 2.06 bits per heavy atom. The van der Waals surface area contributed by atoms with Crippen LogP contribution in [0.4, 0.5) is 11.6 Å². The van der Waals surface area contributed by atoms with Crippen LogP contribution in [-0.2, 0) is 10.0 Å². The molecule has 0 saturated heterocycles. The number of benzene rings is 3. The monoisotopic (exact) mass is 454 g/mol. The number of para-hydroxylation sites is 2. The number of aliphatic hydroxyl groups is 1. The number of aromatic nitrogens is 2. The average Bonchev–Trinajstić information content (AvgIpc) is 2.78. The first-order chi connectivity index (χ1) is 14.9. The van der Waals surface area contributed by atoms with Gasteiger partial charge in [-0.25, -0.2) is 18.4 Å². The van der Waals surface area contributed by atoms with Crippen molar-refractivity contribution in [2.75, 3.05) is 16.6 Å². The largest absolute Gasteiger partial charge is 0.387 e. The van der Waals surface area contributed by atoms with E-state index < -0.39 is 16.1 Å². The summed E-state index contributed by atoms with van der Waals surface area (Å²) in [5.41, 5.74) is 1.79. The zero-order valence-electron chi connectivity index (χ0n) is 16.2. The van der Waals surface area contributed by atoms with Crippen molar-refractivity contribution in [2.45, 2.75) is 11.0 Å². The molecule has 3 N–H and O–H groups in total. The molecule has 4 rings (SSSR count). The molecule has 0 aliphatic rings. The highest BCUT2D eigenvalue weighted by Gasteiger charge is 2.19. The first-order valence-corrected chi connectivity index (χ1v) is 11.3. The SMILES string of the molecule is O=S(=O)(Nc1nc2ccccc2nc1NC[C@@H](O)c1ccc(Cl)cc1)c1ccccc1. The summed E-state index contributed by atoms with van der Waals surface area (Å²) in [5.74, 6) is 0.261. The van der Waals surface area contributed by atoms with Gasteiger partial charge in [0.25, 0.3) is 10.0 Å². The molecule has 0 spiro atoms. The molecule has 0 radical (unpaired) electrons. The van der Waals surface area contributed by atoms with Gasteiger partial charge in [0, 0.05) is 11.6 Å². The van der Waals surface area contributed by atoms with Crippen LogP contribution in [0.25, 0.3) is 11.0 Å². The number of fused-ring (bicyclic) bond motifs is 1. The first kappa shape index (κ1) is 21.0. The molecule has 9 heteroatoms. The van der Waals surface area contributed by atoms with E-state index in [1.165, 1.54) is 12.1 Å². The van der Waals surface area contributed by atoms with Crippen LogP contribution in [0, 0.1) is 0 Å². The second-order valence-corrected chi connectivity index (χ2v) is 8.90. The summed E-state index contributed by atoms with van der Waals surface area (Å²) in [7, 11) is -3.87. The van der Waals surface area contributed by atoms with Gasteiger partial charge in [0.2, 0.25) is 0 Å². The number of hydrogen-bond acceptors (Lipinski definition) is 6. The van der Waals surface area contributed by atoms with E-state index in [0.29, 0.717) is 21.6 Å². The minimum atomic E-state index is -3.87. The number of rotatable bonds is 7. The second-order valence-electron chi connectivity index (χ2n) is 6.78. The van der Waals surface area contributed by atoms with Crippen molar-refractivity contribution in [1.82, 2.24) is 9.97 Å². The van der Waals surface area contributed by atoms with Crippen molar-refractivity contribution < 1.29 is 13.5 Å². The molecule has 0 amide bonds. The summed E-state index contributed by atoms with van der Waals surface area (Å²) in [4.78, 5) is 9.04. The number of nitrogens with one attached hydrogen (secondary N) is 2. The predicted molar refractivity (Wildman–Crippen MR) is 122 cm³/mol. The van der Waals surface area contributed by atoms with Gasteiger partial charge in [0.15, 0.2) is 11.6 Å². The molecule has 0 unspecified atom stereocenters. The molecular formula is C22H19ClN4O3S. The Labute approximate surface area is 184 Å². The molecule has 4 aromatic rings. The summed E-state index contributed by atoms with van der Waals surface area (Å²) in [6, 6.07) is 22.0. The van der Waals surface area contributed by atoms with Crippen LogP contribution >= 0.6 is 11.6 Å². The van der Waals surface area contributed by atoms with Gasteiger partial charge in [0.05, 0.1) is 22.0 Å². The smallest absolute Gasteiger partial charge is 0.263 e. The van der Waals surface area contributed by atoms with Crippen LogP contribution in [0.3, 0.4) is 0 Å². The van der Waals surface area contributed by atoms with Crippen molar-refractivity contribution >= 4 is 44.3 Å². The van der Waals surface area contributed by atoms with Gasteiger partial charge in [-0.1, -0.05) is 54.1 Å². The molecule has 0 fully saturated rings. The zero-order chi connectivity index (χ0) is 21.8. The second kappa shape index (κ2) is 8.89. The highest BCUT2D eigenvalue weighted by molar-refractivity contribution is 7.92. The first-order valence-electron chi connectivity index (χ1n) is 9.44. The summed E-state index contributed by atoms with van der Waals surface area (Å²) < 4.78 is 28.1. The third-order valence-corrected chi connectivity index (χ3v) is 6.18. The van der Waals surface area contributed by atoms with E-state index >= 15 is 0 Å². The van der Waals surface area contributed by atoms with E-state index in [1.807, 2.05) is 6.07 Å². The third-order valence-electron chi connectivity index (χ3n) is 4.57. The Bertz CT molecular complexity index is 1300. The summed E-state index contributed by atoms with van der Waals surface area (Å²) in [5, 5.41) is 14.1. The zero-order valence-corrected chi connectivity index (χ0v) is 17.8. The summed E-state index contributed by atoms with van der Waals surface area (Å²) in [6.07, 6.45) is -0.857. The topological polar surface area (TPSA) is 104 Å². The van der Waals surface area contributed by atoms with E-state index in [-0.39, 0.29) is 23.1 Å². The molecule has 158 valence electrons. The van der Waals surface area contributed by atoms with Crippen molar-refractivity contribution in [3.8, 4) is 0 Å². The van der Waals surface area contributed by atoms with Crippen LogP contribution in [0.15, 0.2) is 83.8 Å². The molecule has 0 aliphatic heterocycles. The molecule has 0 saturated carbocycles. The fourth-order valence-corrected chi connectivity index (χ4v) is 4.13. The Hall–Kier alpha value is -3.20. The molecule has 1 atom stereocenters. The molecule has 0 bridgehead atoms. The van der Waals surface area contributed by atoms with Crippen LogP contribution in [-0.4, -0.2) is 30.0 Å². The maximum Gasteiger partial charge on any atom is 0.263 e. The van der Waals surface area contributed by atoms with E-state index in [9.17, 15) is 13.5 Å². The third kappa shape index (κ3) is 4.93. The lowest BCUT2D eigenvalue weighted by atomic mass is 10.1. The Morgan fingerprint density at radius 2 is 1.42 bits per heavy atom. The molecule has 1 aromatic heterocycles. The van der Waals surface area contributed by atoms with E-state index in [4.69, 9.17) is 11.6 Å². The van der Waals surface area contributed by atoms with Gasteiger partial charge >= 0.3 is 0 Å². The molecule has 0 aliphatic carbocycles. The number of halogens is 1. The molecule has 1 heterocycles. The fraction of sp³-hybridized carbons (Fsp3) is 0.0909. The number of hydrogen-bond donors (Lipinski definition) is 3. The Balaban J connectivity index is 1.64.